The zero-order valence-corrected chi connectivity index (χ0v) is 16.7. The number of nitrogens with zero attached hydrogens (tertiary/aromatic N) is 3. The van der Waals surface area contributed by atoms with Crippen molar-refractivity contribution in [3.8, 4) is 0 Å². The number of carbonyl (C=O) groups excluding carboxylic acids is 1. The monoisotopic (exact) mass is 411 g/mol. The van der Waals surface area contributed by atoms with E-state index >= 15 is 0 Å². The number of amides is 1. The van der Waals surface area contributed by atoms with Crippen LogP contribution < -0.4 is 10.0 Å². The minimum Gasteiger partial charge on any atom is -0.301 e. The summed E-state index contributed by atoms with van der Waals surface area (Å²) in [4.78, 5) is 17.6. The van der Waals surface area contributed by atoms with Crippen LogP contribution >= 0.6 is 23.1 Å². The molecule has 0 fully saturated rings. The lowest BCUT2D eigenvalue weighted by molar-refractivity contribution is -0.118. The summed E-state index contributed by atoms with van der Waals surface area (Å²) < 4.78 is 36.3. The number of thiazole rings is 1. The summed E-state index contributed by atoms with van der Waals surface area (Å²) in [5, 5.41) is 3.10. The van der Waals surface area contributed by atoms with E-state index in [4.69, 9.17) is 0 Å². The van der Waals surface area contributed by atoms with Crippen LogP contribution in [0.5, 0.6) is 0 Å². The lowest BCUT2D eigenvalue weighted by atomic mass is 10.1. The third-order valence-corrected chi connectivity index (χ3v) is 6.46. The molecule has 0 aliphatic heterocycles. The summed E-state index contributed by atoms with van der Waals surface area (Å²) in [6, 6.07) is 3.79. The molecule has 0 saturated carbocycles. The molecule has 3 aromatic rings. The van der Waals surface area contributed by atoms with E-state index in [1.807, 2.05) is 6.92 Å². The number of nitrogens with one attached hydrogen (secondary N) is 2. The van der Waals surface area contributed by atoms with Crippen LogP contribution in [0.25, 0.3) is 11.0 Å². The third-order valence-electron chi connectivity index (χ3n) is 3.62. The first-order chi connectivity index (χ1) is 12.3. The number of sulfonamides is 1. The Morgan fingerprint density at radius 1 is 1.23 bits per heavy atom. The van der Waals surface area contributed by atoms with Gasteiger partial charge in [-0.3, -0.25) is 4.79 Å². The lowest BCUT2D eigenvalue weighted by Gasteiger charge is -2.21. The Morgan fingerprint density at radius 2 is 2.00 bits per heavy atom. The molecule has 1 amide bonds. The zero-order valence-electron chi connectivity index (χ0n) is 14.3. The van der Waals surface area contributed by atoms with Crippen LogP contribution in [-0.4, -0.2) is 34.1 Å². The van der Waals surface area contributed by atoms with Crippen LogP contribution in [0.1, 0.15) is 18.7 Å². The summed E-state index contributed by atoms with van der Waals surface area (Å²) in [6.07, 6.45) is 1.64. The molecule has 2 N–H and O–H groups in total. The lowest BCUT2D eigenvalue weighted by Crippen LogP contribution is -2.47. The van der Waals surface area contributed by atoms with E-state index in [0.29, 0.717) is 16.2 Å². The highest BCUT2D eigenvalue weighted by molar-refractivity contribution is 7.89. The number of fused-ring (bicyclic) bond motifs is 1. The highest BCUT2D eigenvalue weighted by atomic mass is 32.2. The zero-order chi connectivity index (χ0) is 18.9. The smallest absolute Gasteiger partial charge is 0.244 e. The molecule has 138 valence electrons. The Bertz CT molecular complexity index is 1040. The summed E-state index contributed by atoms with van der Waals surface area (Å²) in [6.45, 7) is 5.41. The molecule has 0 aliphatic rings. The number of hydrogen-bond donors (Lipinski definition) is 2. The van der Waals surface area contributed by atoms with Crippen molar-refractivity contribution < 1.29 is 13.2 Å². The van der Waals surface area contributed by atoms with Gasteiger partial charge in [0, 0.05) is 11.1 Å². The number of anilines is 1. The van der Waals surface area contributed by atoms with E-state index in [1.54, 1.807) is 32.2 Å². The van der Waals surface area contributed by atoms with Gasteiger partial charge in [-0.2, -0.15) is 13.5 Å². The molecule has 2 heterocycles. The molecule has 0 unspecified atom stereocenters. The van der Waals surface area contributed by atoms with Crippen LogP contribution in [-0.2, 0) is 14.8 Å². The first-order valence-corrected chi connectivity index (χ1v) is 10.8. The number of benzene rings is 1. The quantitative estimate of drug-likeness (QED) is 0.644. The van der Waals surface area contributed by atoms with Crippen molar-refractivity contribution in [3.05, 3.63) is 29.3 Å². The van der Waals surface area contributed by atoms with Gasteiger partial charge in [-0.1, -0.05) is 19.9 Å². The molecule has 0 radical (unpaired) electrons. The number of rotatable bonds is 6. The van der Waals surface area contributed by atoms with Crippen LogP contribution in [0, 0.1) is 12.8 Å². The molecule has 1 aromatic carbocycles. The fraction of sp³-hybridized carbons (Fsp3) is 0.333. The summed E-state index contributed by atoms with van der Waals surface area (Å²) >= 11 is 2.27. The van der Waals surface area contributed by atoms with Gasteiger partial charge in [-0.05, 0) is 25.0 Å². The standard InChI is InChI=1S/C15H17N5O3S3/c1-8(2)12(14(21)17-15-16-7-9(3)24-15)20-26(22,23)11-6-4-5-10-13(11)19-25-18-10/h4-8,12,20H,1-3H3,(H,16,17,21)/t12-/m1/s1. The van der Waals surface area contributed by atoms with Crippen molar-refractivity contribution in [1.29, 1.82) is 0 Å². The van der Waals surface area contributed by atoms with Gasteiger partial charge in [0.05, 0.1) is 11.7 Å². The van der Waals surface area contributed by atoms with Crippen LogP contribution in [0.3, 0.4) is 0 Å². The van der Waals surface area contributed by atoms with Gasteiger partial charge in [-0.25, -0.2) is 13.4 Å². The summed E-state index contributed by atoms with van der Waals surface area (Å²) in [7, 11) is -3.96. The maximum absolute atomic E-state index is 12.9. The Labute approximate surface area is 159 Å². The van der Waals surface area contributed by atoms with Gasteiger partial charge in [0.1, 0.15) is 22.0 Å². The van der Waals surface area contributed by atoms with E-state index in [9.17, 15) is 13.2 Å². The topological polar surface area (TPSA) is 114 Å². The fourth-order valence-electron chi connectivity index (χ4n) is 2.32. The van der Waals surface area contributed by atoms with Crippen LogP contribution in [0.4, 0.5) is 5.13 Å². The average molecular weight is 412 g/mol. The molecular weight excluding hydrogens is 394 g/mol. The Morgan fingerprint density at radius 3 is 2.65 bits per heavy atom. The number of hydrogen-bond acceptors (Lipinski definition) is 8. The van der Waals surface area contributed by atoms with Gasteiger partial charge in [0.2, 0.25) is 15.9 Å². The van der Waals surface area contributed by atoms with Crippen molar-refractivity contribution in [2.75, 3.05) is 5.32 Å². The summed E-state index contributed by atoms with van der Waals surface area (Å²) in [5.41, 5.74) is 0.796. The molecule has 3 rings (SSSR count). The molecule has 1 atom stereocenters. The number of carbonyl (C=O) groups is 1. The SMILES string of the molecule is Cc1cnc(NC(=O)[C@H](NS(=O)(=O)c2cccc3nsnc23)C(C)C)s1. The van der Waals surface area contributed by atoms with E-state index in [0.717, 1.165) is 16.6 Å². The third kappa shape index (κ3) is 3.90. The molecule has 0 spiro atoms. The van der Waals surface area contributed by atoms with E-state index < -0.39 is 22.0 Å². The van der Waals surface area contributed by atoms with Crippen molar-refractivity contribution in [2.45, 2.75) is 31.7 Å². The van der Waals surface area contributed by atoms with Crippen LogP contribution in [0.2, 0.25) is 0 Å². The number of aromatic nitrogens is 3. The van der Waals surface area contributed by atoms with Crippen LogP contribution in [0.15, 0.2) is 29.3 Å². The second kappa shape index (κ2) is 7.35. The Kier molecular flexibility index (Phi) is 5.32. The highest BCUT2D eigenvalue weighted by Gasteiger charge is 2.30. The highest BCUT2D eigenvalue weighted by Crippen LogP contribution is 2.22. The van der Waals surface area contributed by atoms with Gasteiger partial charge in [-0.15, -0.1) is 11.3 Å². The van der Waals surface area contributed by atoms with Gasteiger partial charge in [0.25, 0.3) is 0 Å². The largest absolute Gasteiger partial charge is 0.301 e. The van der Waals surface area contributed by atoms with E-state index in [-0.39, 0.29) is 10.8 Å². The maximum Gasteiger partial charge on any atom is 0.244 e. The molecule has 0 saturated heterocycles. The molecule has 0 bridgehead atoms. The van der Waals surface area contributed by atoms with Crippen molar-refractivity contribution in [2.24, 2.45) is 5.92 Å². The first-order valence-electron chi connectivity index (χ1n) is 7.75. The van der Waals surface area contributed by atoms with Crippen molar-refractivity contribution in [3.63, 3.8) is 0 Å². The Hall–Kier alpha value is -1.95. The molecule has 8 nitrogen and oxygen atoms in total. The number of aryl methyl sites for hydroxylation is 1. The fourth-order valence-corrected chi connectivity index (χ4v) is 5.09. The van der Waals surface area contributed by atoms with E-state index in [1.165, 1.54) is 17.4 Å². The Balaban J connectivity index is 1.87. The second-order valence-corrected chi connectivity index (χ2v) is 9.44. The van der Waals surface area contributed by atoms with Gasteiger partial charge >= 0.3 is 0 Å². The normalized spacial score (nSPS) is 13.2. The molecule has 26 heavy (non-hydrogen) atoms. The van der Waals surface area contributed by atoms with Crippen molar-refractivity contribution in [1.82, 2.24) is 18.5 Å². The molecule has 11 heteroatoms. The summed E-state index contributed by atoms with van der Waals surface area (Å²) in [5.74, 6) is -0.722. The first kappa shape index (κ1) is 18.8. The second-order valence-electron chi connectivity index (χ2n) is 6.00. The minimum absolute atomic E-state index is 0.00675. The predicted octanol–water partition coefficient (Wildman–Crippen LogP) is 2.40. The minimum atomic E-state index is -3.96. The van der Waals surface area contributed by atoms with Crippen molar-refractivity contribution >= 4 is 55.2 Å². The molecule has 0 aliphatic carbocycles. The molecular formula is C15H17N5O3S3. The molecule has 2 aromatic heterocycles. The van der Waals surface area contributed by atoms with Gasteiger partial charge in [0.15, 0.2) is 5.13 Å². The predicted molar refractivity (Wildman–Crippen MR) is 102 cm³/mol. The van der Waals surface area contributed by atoms with E-state index in [2.05, 4.69) is 23.8 Å². The van der Waals surface area contributed by atoms with Gasteiger partial charge < -0.3 is 5.32 Å². The maximum atomic E-state index is 12.9. The average Bonchev–Trinajstić information content (AvgIpc) is 3.20.